The van der Waals surface area contributed by atoms with Gasteiger partial charge in [0.05, 0.1) is 12.6 Å². The van der Waals surface area contributed by atoms with Crippen LogP contribution < -0.4 is 0 Å². The Kier molecular flexibility index (Phi) is 8.52. The van der Waals surface area contributed by atoms with Crippen LogP contribution in [0.3, 0.4) is 0 Å². The summed E-state index contributed by atoms with van der Waals surface area (Å²) < 4.78 is 6.24. The van der Waals surface area contributed by atoms with Crippen molar-refractivity contribution in [2.45, 2.75) is 30.7 Å². The lowest BCUT2D eigenvalue weighted by Crippen LogP contribution is -2.52. The smallest absolute Gasteiger partial charge is 0.327 e. The highest BCUT2D eigenvalue weighted by Gasteiger charge is 2.44. The van der Waals surface area contributed by atoms with Gasteiger partial charge in [-0.1, -0.05) is 103 Å². The number of esters is 1. The number of piperidine rings is 1. The van der Waals surface area contributed by atoms with Crippen LogP contribution in [0.5, 0.6) is 0 Å². The number of carbonyl (C=O) groups excluding carboxylic acids is 2. The van der Waals surface area contributed by atoms with Gasteiger partial charge in [-0.15, -0.1) is 5.10 Å². The Bertz CT molecular complexity index is 1380. The summed E-state index contributed by atoms with van der Waals surface area (Å²) in [5.41, 5.74) is 3.88. The topological polar surface area (TPSA) is 90.2 Å². The van der Waals surface area contributed by atoms with Crippen molar-refractivity contribution in [1.82, 2.24) is 25.1 Å². The van der Waals surface area contributed by atoms with Crippen molar-refractivity contribution in [2.75, 3.05) is 20.2 Å². The summed E-state index contributed by atoms with van der Waals surface area (Å²) in [7, 11) is 1.33. The maximum absolute atomic E-state index is 12.3. The summed E-state index contributed by atoms with van der Waals surface area (Å²) in [6.07, 6.45) is 2.67. The van der Waals surface area contributed by atoms with Gasteiger partial charge in [-0.3, -0.25) is 14.5 Å². The molecule has 3 aromatic carbocycles. The van der Waals surface area contributed by atoms with Crippen LogP contribution in [0, 0.1) is 0 Å². The second-order valence-corrected chi connectivity index (χ2v) is 11.0. The first-order valence-corrected chi connectivity index (χ1v) is 14.0. The number of thioether (sulfide) groups is 1. The monoisotopic (exact) mass is 553 g/mol. The molecule has 1 aromatic heterocycles. The van der Waals surface area contributed by atoms with Crippen LogP contribution in [-0.2, 0) is 26.4 Å². The highest BCUT2D eigenvalue weighted by atomic mass is 32.2. The lowest BCUT2D eigenvalue weighted by Gasteiger charge is -2.49. The van der Waals surface area contributed by atoms with E-state index in [0.29, 0.717) is 12.4 Å². The molecule has 5 rings (SSSR count). The highest BCUT2D eigenvalue weighted by Crippen LogP contribution is 2.45. The van der Waals surface area contributed by atoms with E-state index in [1.54, 1.807) is 6.92 Å². The number of hydrogen-bond donors (Lipinski definition) is 0. The second kappa shape index (κ2) is 12.4. The van der Waals surface area contributed by atoms with Crippen molar-refractivity contribution in [3.63, 3.8) is 0 Å². The zero-order chi connectivity index (χ0) is 28.0. The molecule has 0 N–H and O–H groups in total. The molecule has 0 amide bonds. The Morgan fingerprint density at radius 1 is 0.950 bits per heavy atom. The number of ether oxygens (including phenoxy) is 1. The van der Waals surface area contributed by atoms with Crippen LogP contribution in [0.4, 0.5) is 0 Å². The van der Waals surface area contributed by atoms with E-state index in [-0.39, 0.29) is 16.9 Å². The predicted molar refractivity (Wildman–Crippen MR) is 155 cm³/mol. The maximum atomic E-state index is 12.3. The molecule has 0 spiro atoms. The Morgan fingerprint density at radius 3 is 2.00 bits per heavy atom. The first kappa shape index (κ1) is 27.5. The van der Waals surface area contributed by atoms with Crippen LogP contribution in [0.1, 0.15) is 35.9 Å². The Labute approximate surface area is 238 Å². The van der Waals surface area contributed by atoms with Gasteiger partial charge in [0.25, 0.3) is 0 Å². The summed E-state index contributed by atoms with van der Waals surface area (Å²) in [5.74, 6) is 0.00395. The Morgan fingerprint density at radius 2 is 1.50 bits per heavy atom. The predicted octanol–water partition coefficient (Wildman–Crippen LogP) is 4.58. The van der Waals surface area contributed by atoms with E-state index >= 15 is 0 Å². The summed E-state index contributed by atoms with van der Waals surface area (Å²) in [6.45, 7) is 2.82. The number of likely N-dealkylation sites (tertiary alicyclic amines) is 1. The zero-order valence-electron chi connectivity index (χ0n) is 22.5. The van der Waals surface area contributed by atoms with Crippen LogP contribution >= 0.6 is 11.8 Å². The number of tetrazole rings is 1. The van der Waals surface area contributed by atoms with Crippen molar-refractivity contribution in [3.8, 4) is 0 Å². The fourth-order valence-corrected chi connectivity index (χ4v) is 6.40. The van der Waals surface area contributed by atoms with Crippen LogP contribution in [-0.4, -0.2) is 61.6 Å². The van der Waals surface area contributed by atoms with Crippen LogP contribution in [0.2, 0.25) is 0 Å². The molecule has 8 nitrogen and oxygen atoms in total. The number of hydrogen-bond acceptors (Lipinski definition) is 8. The largest absolute Gasteiger partial charge is 0.468 e. The van der Waals surface area contributed by atoms with Gasteiger partial charge in [0.15, 0.2) is 10.9 Å². The molecule has 1 fully saturated rings. The highest BCUT2D eigenvalue weighted by molar-refractivity contribution is 8.14. The number of rotatable bonds is 8. The second-order valence-electron chi connectivity index (χ2n) is 9.61. The Hall–Kier alpha value is -4.08. The molecular weight excluding hydrogens is 522 g/mol. The quantitative estimate of drug-likeness (QED) is 0.232. The summed E-state index contributed by atoms with van der Waals surface area (Å²) >= 11 is 1.33. The third-order valence-corrected chi connectivity index (χ3v) is 8.34. The number of benzene rings is 3. The molecule has 9 heteroatoms. The number of nitrogens with zero attached hydrogens (tertiary/aromatic N) is 5. The molecule has 1 aliphatic rings. The lowest BCUT2D eigenvalue weighted by molar-refractivity contribution is -0.141. The maximum Gasteiger partial charge on any atom is 0.327 e. The van der Waals surface area contributed by atoms with Gasteiger partial charge < -0.3 is 4.74 Å². The molecule has 1 saturated heterocycles. The molecule has 0 bridgehead atoms. The molecule has 0 radical (unpaired) electrons. The van der Waals surface area contributed by atoms with Crippen LogP contribution in [0.15, 0.2) is 96.6 Å². The first-order valence-electron chi connectivity index (χ1n) is 13.1. The van der Waals surface area contributed by atoms with Gasteiger partial charge in [-0.05, 0) is 45.2 Å². The fraction of sp³-hybridized carbons (Fsp3) is 0.258. The summed E-state index contributed by atoms with van der Waals surface area (Å²) in [6, 6.07) is 31.6. The summed E-state index contributed by atoms with van der Waals surface area (Å²) in [5, 5.41) is 12.0. The standard InChI is InChI=1S/C31H31N5O3S/c1-23(37)40-28-18-19-35(21-24(28)20-29-32-33-34-36(29)22-30(38)39-2)31(25-12-6-3-7-13-25,26-14-8-4-9-15-26)27-16-10-5-11-17-27/h3-17,20,28H,18-19,21-22H2,1-2H3. The van der Waals surface area contributed by atoms with Gasteiger partial charge >= 0.3 is 5.97 Å². The molecule has 1 unspecified atom stereocenters. The van der Waals surface area contributed by atoms with Gasteiger partial charge in [0.1, 0.15) is 6.54 Å². The van der Waals surface area contributed by atoms with E-state index in [1.165, 1.54) is 23.6 Å². The van der Waals surface area contributed by atoms with Gasteiger partial charge in [-0.25, -0.2) is 4.68 Å². The third kappa shape index (κ3) is 5.61. The van der Waals surface area contributed by atoms with Gasteiger partial charge in [0, 0.05) is 25.3 Å². The number of methoxy groups -OCH3 is 1. The van der Waals surface area contributed by atoms with E-state index < -0.39 is 11.5 Å². The average molecular weight is 554 g/mol. The average Bonchev–Trinajstić information content (AvgIpc) is 3.42. The van der Waals surface area contributed by atoms with Crippen LogP contribution in [0.25, 0.3) is 6.08 Å². The normalized spacial score (nSPS) is 17.1. The van der Waals surface area contributed by atoms with E-state index in [0.717, 1.165) is 35.2 Å². The van der Waals surface area contributed by atoms with Crippen molar-refractivity contribution in [3.05, 3.63) is 119 Å². The van der Waals surface area contributed by atoms with Gasteiger partial charge in [0.2, 0.25) is 0 Å². The minimum Gasteiger partial charge on any atom is -0.468 e. The first-order chi connectivity index (χ1) is 19.5. The molecule has 204 valence electrons. The van der Waals surface area contributed by atoms with E-state index in [1.807, 2.05) is 24.3 Å². The molecule has 2 heterocycles. The molecule has 1 atom stereocenters. The van der Waals surface area contributed by atoms with E-state index in [9.17, 15) is 9.59 Å². The molecule has 1 aliphatic heterocycles. The lowest BCUT2D eigenvalue weighted by atomic mass is 9.74. The fourth-order valence-electron chi connectivity index (χ4n) is 5.49. The SMILES string of the molecule is COC(=O)Cn1nnnc1C=C1CN(C(c2ccccc2)(c2ccccc2)c2ccccc2)CCC1SC(C)=O. The third-order valence-electron chi connectivity index (χ3n) is 7.19. The van der Waals surface area contributed by atoms with Gasteiger partial charge in [-0.2, -0.15) is 0 Å². The molecule has 40 heavy (non-hydrogen) atoms. The van der Waals surface area contributed by atoms with E-state index in [4.69, 9.17) is 4.74 Å². The van der Waals surface area contributed by atoms with Crippen molar-refractivity contribution in [2.24, 2.45) is 0 Å². The number of carbonyl (C=O) groups is 2. The van der Waals surface area contributed by atoms with E-state index in [2.05, 4.69) is 93.2 Å². The zero-order valence-corrected chi connectivity index (χ0v) is 23.3. The minimum atomic E-state index is -0.591. The minimum absolute atomic E-state index is 0.0444. The molecule has 4 aromatic rings. The van der Waals surface area contributed by atoms with Crippen molar-refractivity contribution in [1.29, 1.82) is 0 Å². The van der Waals surface area contributed by atoms with Crippen molar-refractivity contribution < 1.29 is 14.3 Å². The molecule has 0 saturated carbocycles. The molecular formula is C31H31N5O3S. The number of aromatic nitrogens is 4. The van der Waals surface area contributed by atoms with Crippen molar-refractivity contribution >= 4 is 28.9 Å². The summed E-state index contributed by atoms with van der Waals surface area (Å²) in [4.78, 5) is 26.7. The Balaban J connectivity index is 1.66. The molecule has 0 aliphatic carbocycles.